The molecule has 3 rings (SSSR count). The fraction of sp³-hybridized carbons (Fsp3) is 0.409. The molecule has 30 heavy (non-hydrogen) atoms. The molecule has 2 atom stereocenters. The Kier molecular flexibility index (Phi) is 6.77. The molecule has 1 aromatic heterocycles. The largest absolute Gasteiger partial charge is 0.507 e. The van der Waals surface area contributed by atoms with Gasteiger partial charge >= 0.3 is 11.9 Å². The molecule has 1 aliphatic rings. The fourth-order valence-corrected chi connectivity index (χ4v) is 4.80. The Hall–Kier alpha value is -2.87. The van der Waals surface area contributed by atoms with Crippen molar-refractivity contribution in [2.45, 2.75) is 46.1 Å². The van der Waals surface area contributed by atoms with Crippen LogP contribution in [0, 0.1) is 5.92 Å². The summed E-state index contributed by atoms with van der Waals surface area (Å²) in [7, 11) is 0. The quantitative estimate of drug-likeness (QED) is 0.672. The summed E-state index contributed by atoms with van der Waals surface area (Å²) in [6.07, 6.45) is 1.46. The molecule has 160 valence electrons. The zero-order valence-corrected chi connectivity index (χ0v) is 18.0. The summed E-state index contributed by atoms with van der Waals surface area (Å²) < 4.78 is 10.4. The van der Waals surface area contributed by atoms with Crippen LogP contribution in [0.15, 0.2) is 24.3 Å². The third kappa shape index (κ3) is 4.64. The van der Waals surface area contributed by atoms with Gasteiger partial charge in [0.05, 0.1) is 12.2 Å². The van der Waals surface area contributed by atoms with E-state index in [1.165, 1.54) is 30.4 Å². The lowest BCUT2D eigenvalue weighted by molar-refractivity contribution is -0.123. The van der Waals surface area contributed by atoms with Gasteiger partial charge < -0.3 is 19.9 Å². The van der Waals surface area contributed by atoms with Gasteiger partial charge in [-0.3, -0.25) is 4.79 Å². The second-order valence-electron chi connectivity index (χ2n) is 7.33. The first-order valence-corrected chi connectivity index (χ1v) is 10.7. The number of para-hydroxylation sites is 1. The number of hydrogen-bond donors (Lipinski definition) is 2. The Morgan fingerprint density at radius 2 is 2.00 bits per heavy atom. The van der Waals surface area contributed by atoms with Crippen molar-refractivity contribution in [1.29, 1.82) is 0 Å². The molecular formula is C22H25NO6S. The first-order valence-electron chi connectivity index (χ1n) is 9.93. The second kappa shape index (κ2) is 9.30. The first kappa shape index (κ1) is 21.8. The monoisotopic (exact) mass is 431 g/mol. The van der Waals surface area contributed by atoms with Crippen LogP contribution < -0.4 is 5.32 Å². The number of carbonyl (C=O) groups excluding carboxylic acids is 3. The summed E-state index contributed by atoms with van der Waals surface area (Å²) in [6.45, 7) is 5.57. The summed E-state index contributed by atoms with van der Waals surface area (Å²) in [5.41, 5.74) is 1.31. The molecule has 2 N–H and O–H groups in total. The van der Waals surface area contributed by atoms with E-state index >= 15 is 0 Å². The molecular weight excluding hydrogens is 406 g/mol. The molecule has 8 heteroatoms. The number of hydrogen-bond acceptors (Lipinski definition) is 7. The molecule has 0 aliphatic heterocycles. The van der Waals surface area contributed by atoms with E-state index in [-0.39, 0.29) is 17.9 Å². The summed E-state index contributed by atoms with van der Waals surface area (Å²) in [6, 6.07) is 5.95. The Labute approximate surface area is 179 Å². The van der Waals surface area contributed by atoms with E-state index in [4.69, 9.17) is 9.47 Å². The van der Waals surface area contributed by atoms with Crippen molar-refractivity contribution in [3.05, 3.63) is 45.8 Å². The molecule has 0 saturated heterocycles. The predicted molar refractivity (Wildman–Crippen MR) is 113 cm³/mol. The van der Waals surface area contributed by atoms with Crippen molar-refractivity contribution in [2.75, 3.05) is 11.9 Å². The lowest BCUT2D eigenvalue weighted by Crippen LogP contribution is -2.30. The Bertz CT molecular complexity index is 967. The molecule has 0 bridgehead atoms. The maximum absolute atomic E-state index is 12.7. The van der Waals surface area contributed by atoms with Crippen molar-refractivity contribution >= 4 is 34.2 Å². The predicted octanol–water partition coefficient (Wildman–Crippen LogP) is 3.94. The Morgan fingerprint density at radius 3 is 2.70 bits per heavy atom. The number of anilines is 1. The van der Waals surface area contributed by atoms with Gasteiger partial charge in [-0.1, -0.05) is 19.1 Å². The standard InChI is InChI=1S/C22H25NO6S/c1-4-28-22(27)18-15-10-9-12(2)11-17(15)30-20(18)23-19(25)13(3)29-21(26)14-7-5-6-8-16(14)24/h5-8,12-13,24H,4,9-11H2,1-3H3,(H,23,25)/t12-,13+/m0/s1. The summed E-state index contributed by atoms with van der Waals surface area (Å²) in [4.78, 5) is 38.6. The van der Waals surface area contributed by atoms with Crippen LogP contribution in [0.1, 0.15) is 58.3 Å². The first-order chi connectivity index (χ1) is 14.3. The number of phenolic OH excluding ortho intramolecular Hbond substituents is 1. The number of benzene rings is 1. The van der Waals surface area contributed by atoms with Crippen LogP contribution in [-0.2, 0) is 27.1 Å². The van der Waals surface area contributed by atoms with Crippen molar-refractivity contribution in [3.8, 4) is 5.75 Å². The van der Waals surface area contributed by atoms with Crippen LogP contribution in [0.5, 0.6) is 5.75 Å². The molecule has 7 nitrogen and oxygen atoms in total. The minimum atomic E-state index is -1.12. The number of thiophene rings is 1. The third-order valence-electron chi connectivity index (χ3n) is 5.00. The van der Waals surface area contributed by atoms with Crippen molar-refractivity contribution in [3.63, 3.8) is 0 Å². The molecule has 1 heterocycles. The van der Waals surface area contributed by atoms with Gasteiger partial charge in [-0.15, -0.1) is 11.3 Å². The van der Waals surface area contributed by atoms with E-state index in [0.29, 0.717) is 16.5 Å². The average molecular weight is 432 g/mol. The highest BCUT2D eigenvalue weighted by Gasteiger charge is 2.30. The van der Waals surface area contributed by atoms with E-state index in [9.17, 15) is 19.5 Å². The van der Waals surface area contributed by atoms with Gasteiger partial charge in [0.25, 0.3) is 5.91 Å². The van der Waals surface area contributed by atoms with Gasteiger partial charge in [0.1, 0.15) is 16.3 Å². The van der Waals surface area contributed by atoms with Gasteiger partial charge in [-0.25, -0.2) is 9.59 Å². The normalized spacial score (nSPS) is 16.3. The van der Waals surface area contributed by atoms with Crippen LogP contribution >= 0.6 is 11.3 Å². The zero-order valence-electron chi connectivity index (χ0n) is 17.2. The minimum absolute atomic E-state index is 0.0232. The topological polar surface area (TPSA) is 102 Å². The maximum Gasteiger partial charge on any atom is 0.342 e. The lowest BCUT2D eigenvalue weighted by Gasteiger charge is -2.18. The number of carbonyl (C=O) groups is 3. The van der Waals surface area contributed by atoms with Gasteiger partial charge in [-0.05, 0) is 56.7 Å². The van der Waals surface area contributed by atoms with Crippen LogP contribution in [0.25, 0.3) is 0 Å². The molecule has 1 aliphatic carbocycles. The van der Waals surface area contributed by atoms with Crippen LogP contribution in [0.2, 0.25) is 0 Å². The number of ether oxygens (including phenoxy) is 2. The van der Waals surface area contributed by atoms with E-state index < -0.39 is 23.9 Å². The third-order valence-corrected chi connectivity index (χ3v) is 6.17. The molecule has 0 fully saturated rings. The highest BCUT2D eigenvalue weighted by atomic mass is 32.1. The second-order valence-corrected chi connectivity index (χ2v) is 8.44. The Morgan fingerprint density at radius 1 is 1.27 bits per heavy atom. The van der Waals surface area contributed by atoms with E-state index in [0.717, 1.165) is 29.7 Å². The van der Waals surface area contributed by atoms with Crippen LogP contribution in [0.3, 0.4) is 0 Å². The molecule has 0 saturated carbocycles. The maximum atomic E-state index is 12.7. The molecule has 0 unspecified atom stereocenters. The Balaban J connectivity index is 1.78. The smallest absolute Gasteiger partial charge is 0.342 e. The molecule has 1 aromatic carbocycles. The van der Waals surface area contributed by atoms with Crippen LogP contribution in [-0.4, -0.2) is 35.7 Å². The molecule has 1 amide bonds. The highest BCUT2D eigenvalue weighted by Crippen LogP contribution is 2.40. The number of fused-ring (bicyclic) bond motifs is 1. The average Bonchev–Trinajstić information content (AvgIpc) is 3.05. The minimum Gasteiger partial charge on any atom is -0.507 e. The summed E-state index contributed by atoms with van der Waals surface area (Å²) in [5, 5.41) is 12.9. The van der Waals surface area contributed by atoms with E-state index in [1.54, 1.807) is 19.1 Å². The number of rotatable bonds is 6. The summed E-state index contributed by atoms with van der Waals surface area (Å²) in [5.74, 6) is -1.54. The lowest BCUT2D eigenvalue weighted by atomic mass is 9.88. The molecule has 0 radical (unpaired) electrons. The van der Waals surface area contributed by atoms with Crippen molar-refractivity contribution < 1.29 is 29.0 Å². The van der Waals surface area contributed by atoms with Crippen molar-refractivity contribution in [2.24, 2.45) is 5.92 Å². The SMILES string of the molecule is CCOC(=O)c1c(NC(=O)[C@@H](C)OC(=O)c2ccccc2O)sc2c1CC[C@H](C)C2. The van der Waals surface area contributed by atoms with Gasteiger partial charge in [-0.2, -0.15) is 0 Å². The zero-order chi connectivity index (χ0) is 21.8. The summed E-state index contributed by atoms with van der Waals surface area (Å²) >= 11 is 1.37. The number of nitrogens with one attached hydrogen (secondary N) is 1. The van der Waals surface area contributed by atoms with Gasteiger partial charge in [0, 0.05) is 4.88 Å². The van der Waals surface area contributed by atoms with Crippen LogP contribution in [0.4, 0.5) is 5.00 Å². The van der Waals surface area contributed by atoms with Crippen molar-refractivity contribution in [1.82, 2.24) is 0 Å². The van der Waals surface area contributed by atoms with E-state index in [1.807, 2.05) is 0 Å². The van der Waals surface area contributed by atoms with Gasteiger partial charge in [0.15, 0.2) is 6.10 Å². The van der Waals surface area contributed by atoms with Gasteiger partial charge in [0.2, 0.25) is 0 Å². The number of aromatic hydroxyl groups is 1. The molecule has 0 spiro atoms. The van der Waals surface area contributed by atoms with E-state index in [2.05, 4.69) is 12.2 Å². The fourth-order valence-electron chi connectivity index (χ4n) is 3.40. The molecule has 2 aromatic rings. The number of esters is 2. The highest BCUT2D eigenvalue weighted by molar-refractivity contribution is 7.17. The number of amides is 1. The number of phenols is 1.